The van der Waals surface area contributed by atoms with Crippen LogP contribution in [0.3, 0.4) is 0 Å². The molecule has 7 nitrogen and oxygen atoms in total. The first kappa shape index (κ1) is 22.7. The van der Waals surface area contributed by atoms with Crippen LogP contribution in [0.4, 0.5) is 24.5 Å². The van der Waals surface area contributed by atoms with Gasteiger partial charge in [-0.15, -0.1) is 0 Å². The molecule has 1 aromatic carbocycles. The van der Waals surface area contributed by atoms with E-state index in [1.807, 2.05) is 4.90 Å². The van der Waals surface area contributed by atoms with Crippen molar-refractivity contribution in [3.63, 3.8) is 0 Å². The number of halogens is 3. The van der Waals surface area contributed by atoms with Crippen LogP contribution in [-0.2, 0) is 0 Å². The van der Waals surface area contributed by atoms with E-state index in [2.05, 4.69) is 15.3 Å². The van der Waals surface area contributed by atoms with E-state index in [1.54, 1.807) is 12.3 Å². The molecule has 4 N–H and O–H groups in total. The maximum atomic E-state index is 14.5. The van der Waals surface area contributed by atoms with Crippen LogP contribution in [0.1, 0.15) is 16.9 Å². The fourth-order valence-electron chi connectivity index (χ4n) is 4.00. The lowest BCUT2D eigenvalue weighted by Gasteiger charge is -2.37. The maximum Gasteiger partial charge on any atom is 0.277 e. The first-order valence-electron chi connectivity index (χ1n) is 10.3. The molecule has 4 rings (SSSR count). The summed E-state index contributed by atoms with van der Waals surface area (Å²) in [6.45, 7) is 0.995. The van der Waals surface area contributed by atoms with Gasteiger partial charge in [-0.3, -0.25) is 9.78 Å². The van der Waals surface area contributed by atoms with Gasteiger partial charge in [-0.2, -0.15) is 0 Å². The molecule has 0 aliphatic carbocycles. The number of pyridine rings is 2. The molecule has 0 saturated carbocycles. The zero-order valence-electron chi connectivity index (χ0n) is 17.5. The Morgan fingerprint density at radius 2 is 1.88 bits per heavy atom. The van der Waals surface area contributed by atoms with Crippen LogP contribution in [0.15, 0.2) is 48.8 Å². The smallest absolute Gasteiger partial charge is 0.277 e. The summed E-state index contributed by atoms with van der Waals surface area (Å²) in [5.74, 6) is -3.64. The zero-order valence-corrected chi connectivity index (χ0v) is 17.5. The van der Waals surface area contributed by atoms with E-state index in [0.29, 0.717) is 25.2 Å². The van der Waals surface area contributed by atoms with E-state index < -0.39 is 34.6 Å². The van der Waals surface area contributed by atoms with Gasteiger partial charge in [0.15, 0.2) is 11.5 Å². The van der Waals surface area contributed by atoms with Crippen molar-refractivity contribution in [2.75, 3.05) is 29.9 Å². The molecule has 1 saturated heterocycles. The number of hydrogen-bond acceptors (Lipinski definition) is 6. The second-order valence-electron chi connectivity index (χ2n) is 7.92. The molecule has 1 amide bonds. The minimum absolute atomic E-state index is 0.0223. The highest BCUT2D eigenvalue weighted by molar-refractivity contribution is 6.05. The maximum absolute atomic E-state index is 14.5. The molecular formula is C23H22F3N5O2. The molecule has 3 aromatic rings. The minimum atomic E-state index is -0.946. The molecule has 0 spiro atoms. The molecule has 2 atom stereocenters. The fourth-order valence-corrected chi connectivity index (χ4v) is 4.00. The summed E-state index contributed by atoms with van der Waals surface area (Å²) >= 11 is 0. The highest BCUT2D eigenvalue weighted by atomic mass is 19.1. The third-order valence-electron chi connectivity index (χ3n) is 5.49. The number of piperidine rings is 1. The van der Waals surface area contributed by atoms with Gasteiger partial charge in [0, 0.05) is 37.9 Å². The average molecular weight is 457 g/mol. The molecular weight excluding hydrogens is 435 g/mol. The standard InChI is InChI=1S/C23H22F3N5O2/c24-15-2-1-3-16(25)21(15)18-5-4-17(26)22(29-18)23(33)30-19-9-28-7-6-20(19)31-10-13(12-32)8-14(27)11-31/h1-7,9,13-14,32H,8,10-12,27H2,(H,30,33). The third-order valence-corrected chi connectivity index (χ3v) is 5.49. The Bertz CT molecular complexity index is 1160. The lowest BCUT2D eigenvalue weighted by atomic mass is 9.95. The van der Waals surface area contributed by atoms with E-state index in [0.717, 1.165) is 24.3 Å². The highest BCUT2D eigenvalue weighted by Crippen LogP contribution is 2.30. The van der Waals surface area contributed by atoms with E-state index in [-0.39, 0.29) is 29.9 Å². The van der Waals surface area contributed by atoms with Crippen LogP contribution in [-0.4, -0.2) is 46.7 Å². The van der Waals surface area contributed by atoms with Crippen molar-refractivity contribution < 1.29 is 23.1 Å². The molecule has 1 aliphatic rings. The SMILES string of the molecule is NC1CC(CO)CN(c2ccncc2NC(=O)c2nc(-c3c(F)cccc3F)ccc2F)C1. The number of nitrogens with one attached hydrogen (secondary N) is 1. The second-order valence-corrected chi connectivity index (χ2v) is 7.92. The largest absolute Gasteiger partial charge is 0.396 e. The predicted octanol–water partition coefficient (Wildman–Crippen LogP) is 2.96. The molecule has 0 radical (unpaired) electrons. The number of hydrogen-bond donors (Lipinski definition) is 3. The van der Waals surface area contributed by atoms with Crippen molar-refractivity contribution in [3.8, 4) is 11.3 Å². The molecule has 1 aliphatic heterocycles. The Hall–Kier alpha value is -3.50. The van der Waals surface area contributed by atoms with Gasteiger partial charge in [0.2, 0.25) is 0 Å². The Morgan fingerprint density at radius 3 is 2.61 bits per heavy atom. The van der Waals surface area contributed by atoms with Crippen LogP contribution in [0.2, 0.25) is 0 Å². The first-order chi connectivity index (χ1) is 15.9. The van der Waals surface area contributed by atoms with E-state index in [1.165, 1.54) is 12.3 Å². The lowest BCUT2D eigenvalue weighted by Crippen LogP contribution is -2.48. The molecule has 2 unspecified atom stereocenters. The third kappa shape index (κ3) is 4.81. The Morgan fingerprint density at radius 1 is 1.12 bits per heavy atom. The molecule has 172 valence electrons. The molecule has 0 bridgehead atoms. The van der Waals surface area contributed by atoms with Gasteiger partial charge >= 0.3 is 0 Å². The summed E-state index contributed by atoms with van der Waals surface area (Å²) in [7, 11) is 0. The Kier molecular flexibility index (Phi) is 6.57. The topological polar surface area (TPSA) is 104 Å². The summed E-state index contributed by atoms with van der Waals surface area (Å²) < 4.78 is 42.8. The van der Waals surface area contributed by atoms with E-state index in [4.69, 9.17) is 5.73 Å². The average Bonchev–Trinajstić information content (AvgIpc) is 2.79. The zero-order chi connectivity index (χ0) is 23.5. The molecule has 1 fully saturated rings. The van der Waals surface area contributed by atoms with E-state index >= 15 is 0 Å². The summed E-state index contributed by atoms with van der Waals surface area (Å²) in [5.41, 5.74) is 5.72. The monoisotopic (exact) mass is 457 g/mol. The number of amides is 1. The normalized spacial score (nSPS) is 18.3. The van der Waals surface area contributed by atoms with Gasteiger partial charge in [-0.25, -0.2) is 18.2 Å². The number of carbonyl (C=O) groups is 1. The number of aliphatic hydroxyl groups is 1. The van der Waals surface area contributed by atoms with Crippen molar-refractivity contribution >= 4 is 17.3 Å². The van der Waals surface area contributed by atoms with Crippen LogP contribution in [0, 0.1) is 23.4 Å². The molecule has 33 heavy (non-hydrogen) atoms. The van der Waals surface area contributed by atoms with Gasteiger partial charge in [0.1, 0.15) is 11.6 Å². The fraction of sp³-hybridized carbons (Fsp3) is 0.261. The lowest BCUT2D eigenvalue weighted by molar-refractivity contribution is 0.101. The number of carbonyl (C=O) groups excluding carboxylic acids is 1. The number of rotatable bonds is 5. The van der Waals surface area contributed by atoms with Gasteiger partial charge in [-0.1, -0.05) is 6.07 Å². The van der Waals surface area contributed by atoms with Crippen LogP contribution >= 0.6 is 0 Å². The van der Waals surface area contributed by atoms with Crippen molar-refractivity contribution in [1.82, 2.24) is 9.97 Å². The summed E-state index contributed by atoms with van der Waals surface area (Å²) in [5, 5.41) is 12.1. The van der Waals surface area contributed by atoms with Gasteiger partial charge < -0.3 is 21.1 Å². The first-order valence-corrected chi connectivity index (χ1v) is 10.3. The molecule has 3 heterocycles. The van der Waals surface area contributed by atoms with Crippen molar-refractivity contribution in [2.24, 2.45) is 11.7 Å². The Balaban J connectivity index is 1.64. The summed E-state index contributed by atoms with van der Waals surface area (Å²) in [4.78, 5) is 22.7. The quantitative estimate of drug-likeness (QED) is 0.544. The van der Waals surface area contributed by atoms with Crippen LogP contribution < -0.4 is 16.0 Å². The Labute approximate surface area is 188 Å². The van der Waals surface area contributed by atoms with Gasteiger partial charge in [0.05, 0.1) is 28.8 Å². The molecule has 10 heteroatoms. The summed E-state index contributed by atoms with van der Waals surface area (Å²) in [6, 6.07) is 6.84. The van der Waals surface area contributed by atoms with Crippen LogP contribution in [0.5, 0.6) is 0 Å². The van der Waals surface area contributed by atoms with Crippen molar-refractivity contribution in [1.29, 1.82) is 0 Å². The second kappa shape index (κ2) is 9.55. The minimum Gasteiger partial charge on any atom is -0.396 e. The van der Waals surface area contributed by atoms with E-state index in [9.17, 15) is 23.1 Å². The van der Waals surface area contributed by atoms with Gasteiger partial charge in [-0.05, 0) is 36.8 Å². The van der Waals surface area contributed by atoms with Crippen LogP contribution in [0.25, 0.3) is 11.3 Å². The predicted molar refractivity (Wildman–Crippen MR) is 117 cm³/mol. The number of nitrogens with zero attached hydrogens (tertiary/aromatic N) is 3. The number of aromatic nitrogens is 2. The number of benzene rings is 1. The van der Waals surface area contributed by atoms with Crippen molar-refractivity contribution in [2.45, 2.75) is 12.5 Å². The number of aliphatic hydroxyl groups excluding tert-OH is 1. The molecule has 2 aromatic heterocycles. The number of anilines is 2. The number of nitrogens with two attached hydrogens (primary N) is 1. The summed E-state index contributed by atoms with van der Waals surface area (Å²) in [6.07, 6.45) is 3.62. The van der Waals surface area contributed by atoms with Crippen molar-refractivity contribution in [3.05, 3.63) is 71.9 Å². The highest BCUT2D eigenvalue weighted by Gasteiger charge is 2.27. The van der Waals surface area contributed by atoms with Gasteiger partial charge in [0.25, 0.3) is 5.91 Å².